The maximum absolute atomic E-state index is 13.6. The predicted octanol–water partition coefficient (Wildman–Crippen LogP) is 2.86. The summed E-state index contributed by atoms with van der Waals surface area (Å²) < 4.78 is 37.9. The number of hydrogen-bond acceptors (Lipinski definition) is 3. The molecule has 3 unspecified atom stereocenters. The van der Waals surface area contributed by atoms with E-state index in [0.29, 0.717) is 24.6 Å². The van der Waals surface area contributed by atoms with Crippen LogP contribution in [0.15, 0.2) is 23.2 Å². The smallest absolute Gasteiger partial charge is 0.191 e. The average molecular weight is 379 g/mol. The molecule has 0 bridgehead atoms. The van der Waals surface area contributed by atoms with Crippen molar-refractivity contribution < 1.29 is 18.3 Å². The van der Waals surface area contributed by atoms with Gasteiger partial charge in [0.2, 0.25) is 0 Å². The first kappa shape index (κ1) is 18.5. The number of aliphatic imine (C=N–C) groups is 1. The molecule has 2 saturated carbocycles. The molecule has 27 heavy (non-hydrogen) atoms. The van der Waals surface area contributed by atoms with Crippen molar-refractivity contribution in [3.63, 3.8) is 0 Å². The number of halogens is 2. The van der Waals surface area contributed by atoms with Gasteiger partial charge in [-0.25, -0.2) is 8.78 Å². The fraction of sp³-hybridized carbons (Fsp3) is 0.650. The Morgan fingerprint density at radius 3 is 2.89 bits per heavy atom. The number of nitrogens with zero attached hydrogens (tertiary/aromatic N) is 1. The minimum Gasteiger partial charge on any atom is -0.489 e. The number of fused-ring (bicyclic) bond motifs is 2. The minimum absolute atomic E-state index is 0.0518. The Labute approximate surface area is 158 Å². The molecule has 7 heteroatoms. The van der Waals surface area contributed by atoms with Gasteiger partial charge < -0.3 is 20.1 Å². The zero-order valence-corrected chi connectivity index (χ0v) is 15.6. The molecule has 5 nitrogen and oxygen atoms in total. The van der Waals surface area contributed by atoms with Gasteiger partial charge in [0, 0.05) is 37.1 Å². The fourth-order valence-corrected chi connectivity index (χ4v) is 5.17. The van der Waals surface area contributed by atoms with Crippen LogP contribution in [0, 0.1) is 23.0 Å². The summed E-state index contributed by atoms with van der Waals surface area (Å²) in [4.78, 5) is 4.33. The van der Waals surface area contributed by atoms with Crippen LogP contribution >= 0.6 is 0 Å². The van der Waals surface area contributed by atoms with Crippen LogP contribution in [0.25, 0.3) is 0 Å². The third-order valence-corrected chi connectivity index (χ3v) is 6.35. The average Bonchev–Trinajstić information content (AvgIpc) is 3.31. The number of ether oxygens (including phenoxy) is 2. The van der Waals surface area contributed by atoms with Gasteiger partial charge in [0.05, 0.1) is 12.6 Å². The molecular weight excluding hydrogens is 352 g/mol. The van der Waals surface area contributed by atoms with E-state index in [1.807, 2.05) is 0 Å². The highest BCUT2D eigenvalue weighted by Gasteiger charge is 2.65. The van der Waals surface area contributed by atoms with Gasteiger partial charge in [-0.2, -0.15) is 0 Å². The first-order valence-electron chi connectivity index (χ1n) is 9.81. The third-order valence-electron chi connectivity index (χ3n) is 6.35. The summed E-state index contributed by atoms with van der Waals surface area (Å²) >= 11 is 0. The van der Waals surface area contributed by atoms with Gasteiger partial charge >= 0.3 is 0 Å². The molecule has 1 aliphatic heterocycles. The summed E-state index contributed by atoms with van der Waals surface area (Å²) in [5.74, 6) is 0.0440. The van der Waals surface area contributed by atoms with Crippen LogP contribution in [0.5, 0.6) is 5.75 Å². The van der Waals surface area contributed by atoms with E-state index in [4.69, 9.17) is 9.47 Å². The van der Waals surface area contributed by atoms with E-state index in [-0.39, 0.29) is 17.8 Å². The molecule has 1 aromatic rings. The van der Waals surface area contributed by atoms with Crippen molar-refractivity contribution in [2.24, 2.45) is 16.3 Å². The molecule has 2 aliphatic carbocycles. The molecule has 1 aromatic carbocycles. The van der Waals surface area contributed by atoms with Crippen molar-refractivity contribution in [2.75, 3.05) is 26.8 Å². The second-order valence-corrected chi connectivity index (χ2v) is 7.73. The summed E-state index contributed by atoms with van der Waals surface area (Å²) in [5.41, 5.74) is 0.256. The number of guanidine groups is 1. The van der Waals surface area contributed by atoms with Gasteiger partial charge in [0.1, 0.15) is 12.4 Å². The Bertz CT molecular complexity index is 706. The second-order valence-electron chi connectivity index (χ2n) is 7.73. The molecular formula is C20H27F2N3O2. The van der Waals surface area contributed by atoms with E-state index in [0.717, 1.165) is 25.1 Å². The zero-order valence-electron chi connectivity index (χ0n) is 15.6. The van der Waals surface area contributed by atoms with Crippen LogP contribution in [-0.4, -0.2) is 44.9 Å². The molecule has 2 N–H and O–H groups in total. The molecule has 0 amide bonds. The highest BCUT2D eigenvalue weighted by atomic mass is 19.1. The van der Waals surface area contributed by atoms with Gasteiger partial charge in [-0.05, 0) is 31.4 Å². The monoisotopic (exact) mass is 379 g/mol. The van der Waals surface area contributed by atoms with E-state index in [1.54, 1.807) is 7.05 Å². The van der Waals surface area contributed by atoms with Gasteiger partial charge in [-0.15, -0.1) is 0 Å². The Balaban J connectivity index is 1.28. The molecule has 148 valence electrons. The number of rotatable bonds is 5. The van der Waals surface area contributed by atoms with E-state index >= 15 is 0 Å². The largest absolute Gasteiger partial charge is 0.489 e. The van der Waals surface area contributed by atoms with E-state index in [9.17, 15) is 8.78 Å². The van der Waals surface area contributed by atoms with Gasteiger partial charge in [-0.3, -0.25) is 4.99 Å². The van der Waals surface area contributed by atoms with Crippen LogP contribution in [-0.2, 0) is 4.74 Å². The second kappa shape index (κ2) is 7.62. The van der Waals surface area contributed by atoms with Crippen LogP contribution in [0.3, 0.4) is 0 Å². The van der Waals surface area contributed by atoms with Crippen molar-refractivity contribution in [2.45, 2.75) is 44.2 Å². The molecule has 0 aromatic heterocycles. The molecule has 1 spiro atoms. The minimum atomic E-state index is -0.692. The molecule has 4 rings (SSSR count). The van der Waals surface area contributed by atoms with Crippen LogP contribution in [0.1, 0.15) is 32.1 Å². The molecule has 3 fully saturated rings. The van der Waals surface area contributed by atoms with Crippen LogP contribution in [0.2, 0.25) is 0 Å². The number of nitrogens with one attached hydrogen (secondary N) is 2. The summed E-state index contributed by atoms with van der Waals surface area (Å²) in [7, 11) is 1.75. The van der Waals surface area contributed by atoms with Crippen molar-refractivity contribution in [3.05, 3.63) is 29.8 Å². The Morgan fingerprint density at radius 1 is 1.33 bits per heavy atom. The lowest BCUT2D eigenvalue weighted by Crippen LogP contribution is -2.69. The van der Waals surface area contributed by atoms with Crippen LogP contribution in [0.4, 0.5) is 8.78 Å². The van der Waals surface area contributed by atoms with Crippen molar-refractivity contribution in [1.29, 1.82) is 0 Å². The third kappa shape index (κ3) is 3.37. The van der Waals surface area contributed by atoms with Crippen LogP contribution < -0.4 is 15.4 Å². The van der Waals surface area contributed by atoms with Gasteiger partial charge in [-0.1, -0.05) is 12.8 Å². The Morgan fingerprint density at radius 2 is 2.15 bits per heavy atom. The standard InChI is InChI=1S/C20H27F2N3O2/c1-23-19(24-9-11-26-16-5-4-13(21)12-15(16)22)25-17-14-6-10-27-18(14)20(17)7-2-3-8-20/h4-5,12,14,17-18H,2-3,6-11H2,1H3,(H2,23,24,25). The number of hydrogen-bond donors (Lipinski definition) is 2. The van der Waals surface area contributed by atoms with Crippen molar-refractivity contribution in [3.8, 4) is 5.75 Å². The van der Waals surface area contributed by atoms with E-state index in [2.05, 4.69) is 15.6 Å². The van der Waals surface area contributed by atoms with Crippen molar-refractivity contribution >= 4 is 5.96 Å². The highest BCUT2D eigenvalue weighted by molar-refractivity contribution is 5.80. The lowest BCUT2D eigenvalue weighted by Gasteiger charge is -2.57. The summed E-state index contributed by atoms with van der Waals surface area (Å²) in [6, 6.07) is 3.70. The van der Waals surface area contributed by atoms with Crippen molar-refractivity contribution in [1.82, 2.24) is 10.6 Å². The van der Waals surface area contributed by atoms with Gasteiger partial charge in [0.15, 0.2) is 17.5 Å². The topological polar surface area (TPSA) is 54.9 Å². The first-order chi connectivity index (χ1) is 13.1. The number of benzene rings is 1. The summed E-state index contributed by atoms with van der Waals surface area (Å²) in [6.45, 7) is 1.59. The normalized spacial score (nSPS) is 28.7. The first-order valence-corrected chi connectivity index (χ1v) is 9.81. The summed E-state index contributed by atoms with van der Waals surface area (Å²) in [6.07, 6.45) is 6.49. The molecule has 3 atom stereocenters. The van der Waals surface area contributed by atoms with Gasteiger partial charge in [0.25, 0.3) is 0 Å². The van der Waals surface area contributed by atoms with E-state index in [1.165, 1.54) is 37.8 Å². The Kier molecular flexibility index (Phi) is 5.21. The maximum Gasteiger partial charge on any atom is 0.191 e. The van der Waals surface area contributed by atoms with E-state index < -0.39 is 11.6 Å². The molecule has 1 saturated heterocycles. The zero-order chi connectivity index (χ0) is 18.9. The molecule has 3 aliphatic rings. The lowest BCUT2D eigenvalue weighted by molar-refractivity contribution is -0.125. The molecule has 1 heterocycles. The predicted molar refractivity (Wildman–Crippen MR) is 98.9 cm³/mol. The maximum atomic E-state index is 13.6. The highest BCUT2D eigenvalue weighted by Crippen LogP contribution is 2.60. The Hall–Kier alpha value is -1.89. The quantitative estimate of drug-likeness (QED) is 0.469. The lowest BCUT2D eigenvalue weighted by atomic mass is 9.54. The summed E-state index contributed by atoms with van der Waals surface area (Å²) in [5, 5.41) is 6.84. The SMILES string of the molecule is CN=C(NCCOc1ccc(F)cc1F)NC1C2CCOC2C12CCCC2. The fourth-order valence-electron chi connectivity index (χ4n) is 5.17. The molecule has 0 radical (unpaired) electrons.